The summed E-state index contributed by atoms with van der Waals surface area (Å²) in [5, 5.41) is 0. The highest BCUT2D eigenvalue weighted by molar-refractivity contribution is 5.81. The van der Waals surface area contributed by atoms with Gasteiger partial charge < -0.3 is 9.47 Å². The van der Waals surface area contributed by atoms with E-state index in [0.717, 1.165) is 6.08 Å². The van der Waals surface area contributed by atoms with Crippen LogP contribution in [0, 0.1) is 0 Å². The second-order valence-corrected chi connectivity index (χ2v) is 3.09. The lowest BCUT2D eigenvalue weighted by atomic mass is 10.0. The summed E-state index contributed by atoms with van der Waals surface area (Å²) in [5.74, 6) is -0.423. The quantitative estimate of drug-likeness (QED) is 0.476. The highest BCUT2D eigenvalue weighted by Crippen LogP contribution is 2.16. The van der Waals surface area contributed by atoms with Crippen molar-refractivity contribution >= 4 is 5.97 Å². The highest BCUT2D eigenvalue weighted by Gasteiger charge is 2.27. The van der Waals surface area contributed by atoms with Gasteiger partial charge in [-0.05, 0) is 20.8 Å². The van der Waals surface area contributed by atoms with Crippen molar-refractivity contribution in [2.75, 3.05) is 7.11 Å². The molecular formula is C9H16O3. The summed E-state index contributed by atoms with van der Waals surface area (Å²) < 4.78 is 10.1. The molecule has 12 heavy (non-hydrogen) atoms. The Morgan fingerprint density at radius 3 is 2.42 bits per heavy atom. The molecule has 3 nitrogen and oxygen atoms in total. The van der Waals surface area contributed by atoms with Crippen LogP contribution in [0.15, 0.2) is 12.7 Å². The highest BCUT2D eigenvalue weighted by atomic mass is 16.6. The average Bonchev–Trinajstić information content (AvgIpc) is 2.04. The third kappa shape index (κ3) is 3.05. The van der Waals surface area contributed by atoms with Crippen LogP contribution in [0.25, 0.3) is 0 Å². The van der Waals surface area contributed by atoms with Crippen molar-refractivity contribution in [3.63, 3.8) is 0 Å². The van der Waals surface area contributed by atoms with Crippen LogP contribution < -0.4 is 0 Å². The molecule has 0 spiro atoms. The molecule has 1 atom stereocenters. The van der Waals surface area contributed by atoms with E-state index in [4.69, 9.17) is 9.47 Å². The van der Waals surface area contributed by atoms with Crippen LogP contribution in [0.1, 0.15) is 20.8 Å². The van der Waals surface area contributed by atoms with Crippen molar-refractivity contribution < 1.29 is 14.3 Å². The molecule has 0 bridgehead atoms. The molecule has 0 aromatic rings. The lowest BCUT2D eigenvalue weighted by molar-refractivity contribution is -0.156. The molecule has 0 fully saturated rings. The first kappa shape index (κ1) is 11.2. The second kappa shape index (κ2) is 4.26. The third-order valence-corrected chi connectivity index (χ3v) is 1.96. The lowest BCUT2D eigenvalue weighted by Crippen LogP contribution is -2.38. The summed E-state index contributed by atoms with van der Waals surface area (Å²) in [6.45, 7) is 8.80. The van der Waals surface area contributed by atoms with Crippen LogP contribution in [0.4, 0.5) is 0 Å². The Labute approximate surface area is 73.4 Å². The maximum atomic E-state index is 10.8. The Bertz CT molecular complexity index is 173. The SMILES string of the molecule is C=CC(=O)OC(C)C(C)(C)OC. The van der Waals surface area contributed by atoms with E-state index in [1.54, 1.807) is 14.0 Å². The maximum Gasteiger partial charge on any atom is 0.330 e. The molecular weight excluding hydrogens is 156 g/mol. The summed E-state index contributed by atoms with van der Waals surface area (Å²) in [5.41, 5.74) is -0.460. The summed E-state index contributed by atoms with van der Waals surface area (Å²) in [4.78, 5) is 10.8. The second-order valence-electron chi connectivity index (χ2n) is 3.09. The molecule has 0 aliphatic heterocycles. The van der Waals surface area contributed by atoms with E-state index in [9.17, 15) is 4.79 Å². The fraction of sp³-hybridized carbons (Fsp3) is 0.667. The van der Waals surface area contributed by atoms with E-state index in [1.807, 2.05) is 13.8 Å². The minimum Gasteiger partial charge on any atom is -0.456 e. The van der Waals surface area contributed by atoms with E-state index in [0.29, 0.717) is 0 Å². The molecule has 0 aromatic carbocycles. The normalized spacial score (nSPS) is 13.7. The first-order valence-electron chi connectivity index (χ1n) is 3.82. The zero-order chi connectivity index (χ0) is 9.78. The van der Waals surface area contributed by atoms with Crippen LogP contribution in [0.2, 0.25) is 0 Å². The Kier molecular flexibility index (Phi) is 3.96. The first-order chi connectivity index (χ1) is 5.44. The van der Waals surface area contributed by atoms with Crippen LogP contribution >= 0.6 is 0 Å². The molecule has 0 aromatic heterocycles. The van der Waals surface area contributed by atoms with Gasteiger partial charge in [-0.25, -0.2) is 4.79 Å². The minimum atomic E-state index is -0.460. The van der Waals surface area contributed by atoms with Gasteiger partial charge in [0.05, 0.1) is 5.60 Å². The number of carbonyl (C=O) groups excluding carboxylic acids is 1. The van der Waals surface area contributed by atoms with Gasteiger partial charge in [-0.2, -0.15) is 0 Å². The van der Waals surface area contributed by atoms with Crippen LogP contribution in [-0.2, 0) is 14.3 Å². The topological polar surface area (TPSA) is 35.5 Å². The van der Waals surface area contributed by atoms with Gasteiger partial charge in [-0.1, -0.05) is 6.58 Å². The van der Waals surface area contributed by atoms with E-state index in [1.165, 1.54) is 0 Å². The Morgan fingerprint density at radius 1 is 1.58 bits per heavy atom. The van der Waals surface area contributed by atoms with Crippen molar-refractivity contribution in [2.45, 2.75) is 32.5 Å². The largest absolute Gasteiger partial charge is 0.456 e. The molecule has 0 saturated carbocycles. The zero-order valence-corrected chi connectivity index (χ0v) is 8.09. The fourth-order valence-corrected chi connectivity index (χ4v) is 0.530. The predicted molar refractivity (Wildman–Crippen MR) is 46.8 cm³/mol. The lowest BCUT2D eigenvalue weighted by Gasteiger charge is -2.29. The van der Waals surface area contributed by atoms with E-state index < -0.39 is 11.6 Å². The molecule has 0 radical (unpaired) electrons. The number of rotatable bonds is 4. The molecule has 0 amide bonds. The van der Waals surface area contributed by atoms with E-state index >= 15 is 0 Å². The molecule has 0 rings (SSSR count). The summed E-state index contributed by atoms with van der Waals surface area (Å²) in [6, 6.07) is 0. The van der Waals surface area contributed by atoms with Crippen molar-refractivity contribution in [3.05, 3.63) is 12.7 Å². The summed E-state index contributed by atoms with van der Waals surface area (Å²) in [7, 11) is 1.58. The summed E-state index contributed by atoms with van der Waals surface area (Å²) >= 11 is 0. The van der Waals surface area contributed by atoms with Gasteiger partial charge in [0.2, 0.25) is 0 Å². The van der Waals surface area contributed by atoms with Gasteiger partial charge in [0.25, 0.3) is 0 Å². The van der Waals surface area contributed by atoms with Crippen molar-refractivity contribution in [1.82, 2.24) is 0 Å². The van der Waals surface area contributed by atoms with E-state index in [-0.39, 0.29) is 6.10 Å². The van der Waals surface area contributed by atoms with Gasteiger partial charge in [0, 0.05) is 13.2 Å². The molecule has 1 unspecified atom stereocenters. The Hall–Kier alpha value is -0.830. The number of hydrogen-bond donors (Lipinski definition) is 0. The third-order valence-electron chi connectivity index (χ3n) is 1.96. The number of methoxy groups -OCH3 is 1. The monoisotopic (exact) mass is 172 g/mol. The average molecular weight is 172 g/mol. The van der Waals surface area contributed by atoms with Crippen LogP contribution in [-0.4, -0.2) is 24.8 Å². The molecule has 3 heteroatoms. The van der Waals surface area contributed by atoms with Crippen LogP contribution in [0.3, 0.4) is 0 Å². The molecule has 70 valence electrons. The zero-order valence-electron chi connectivity index (χ0n) is 8.09. The first-order valence-corrected chi connectivity index (χ1v) is 3.82. The molecule has 0 aliphatic rings. The summed E-state index contributed by atoms with van der Waals surface area (Å²) in [6.07, 6.45) is 0.857. The number of esters is 1. The van der Waals surface area contributed by atoms with Gasteiger partial charge >= 0.3 is 5.97 Å². The molecule has 0 heterocycles. The standard InChI is InChI=1S/C9H16O3/c1-6-8(10)12-7(2)9(3,4)11-5/h6-7H,1H2,2-5H3. The molecule has 0 saturated heterocycles. The maximum absolute atomic E-state index is 10.8. The van der Waals surface area contributed by atoms with Crippen LogP contribution in [0.5, 0.6) is 0 Å². The number of hydrogen-bond acceptors (Lipinski definition) is 3. The number of carbonyl (C=O) groups is 1. The number of ether oxygens (including phenoxy) is 2. The molecule has 0 N–H and O–H groups in total. The van der Waals surface area contributed by atoms with Gasteiger partial charge in [-0.3, -0.25) is 0 Å². The van der Waals surface area contributed by atoms with Gasteiger partial charge in [-0.15, -0.1) is 0 Å². The predicted octanol–water partition coefficient (Wildman–Crippen LogP) is 1.53. The van der Waals surface area contributed by atoms with Gasteiger partial charge in [0.1, 0.15) is 6.10 Å². The Morgan fingerprint density at radius 2 is 2.08 bits per heavy atom. The fourth-order valence-electron chi connectivity index (χ4n) is 0.530. The Balaban J connectivity index is 4.11. The van der Waals surface area contributed by atoms with Crippen molar-refractivity contribution in [1.29, 1.82) is 0 Å². The molecule has 0 aliphatic carbocycles. The smallest absolute Gasteiger partial charge is 0.330 e. The minimum absolute atomic E-state index is 0.284. The van der Waals surface area contributed by atoms with Gasteiger partial charge in [0.15, 0.2) is 0 Å². The van der Waals surface area contributed by atoms with Crippen molar-refractivity contribution in [2.24, 2.45) is 0 Å². The van der Waals surface area contributed by atoms with Crippen molar-refractivity contribution in [3.8, 4) is 0 Å². The van der Waals surface area contributed by atoms with E-state index in [2.05, 4.69) is 6.58 Å².